The summed E-state index contributed by atoms with van der Waals surface area (Å²) in [4.78, 5) is 1.26. The second-order valence-electron chi connectivity index (χ2n) is 3.93. The van der Waals surface area contributed by atoms with E-state index in [0.717, 1.165) is 16.0 Å². The van der Waals surface area contributed by atoms with E-state index in [0.29, 0.717) is 11.6 Å². The van der Waals surface area contributed by atoms with Crippen molar-refractivity contribution in [1.82, 2.24) is 0 Å². The molecule has 0 saturated carbocycles. The topological polar surface area (TPSA) is 35.2 Å². The fourth-order valence-electron chi connectivity index (χ4n) is 1.51. The number of nitrogens with two attached hydrogens (primary N) is 1. The molecule has 0 spiro atoms. The van der Waals surface area contributed by atoms with Crippen LogP contribution in [0.15, 0.2) is 40.2 Å². The molecule has 1 atom stereocenters. The number of ether oxygens (including phenoxy) is 1. The minimum absolute atomic E-state index is 0.00812. The van der Waals surface area contributed by atoms with E-state index >= 15 is 0 Å². The van der Waals surface area contributed by atoms with Gasteiger partial charge in [-0.25, -0.2) is 0 Å². The monoisotopic (exact) mass is 345 g/mol. The quantitative estimate of drug-likeness (QED) is 0.884. The van der Waals surface area contributed by atoms with Crippen molar-refractivity contribution in [3.63, 3.8) is 0 Å². The third kappa shape index (κ3) is 4.28. The van der Waals surface area contributed by atoms with Gasteiger partial charge in [0.2, 0.25) is 0 Å². The molecule has 0 aliphatic carbocycles. The number of thiophene rings is 1. The lowest BCUT2D eigenvalue weighted by atomic mass is 10.2. The lowest BCUT2D eigenvalue weighted by Gasteiger charge is -2.12. The van der Waals surface area contributed by atoms with Gasteiger partial charge in [-0.2, -0.15) is 0 Å². The van der Waals surface area contributed by atoms with Crippen LogP contribution >= 0.6 is 38.9 Å². The number of halogens is 2. The highest BCUT2D eigenvalue weighted by Crippen LogP contribution is 2.23. The summed E-state index contributed by atoms with van der Waals surface area (Å²) < 4.78 is 6.74. The molecular weight excluding hydrogens is 334 g/mol. The molecule has 1 aromatic carbocycles. The maximum atomic E-state index is 6.03. The van der Waals surface area contributed by atoms with Crippen LogP contribution in [0.5, 0.6) is 5.75 Å². The molecule has 0 saturated heterocycles. The largest absolute Gasteiger partial charge is 0.492 e. The Morgan fingerprint density at radius 1 is 1.22 bits per heavy atom. The average Bonchev–Trinajstić information content (AvgIpc) is 2.74. The number of benzene rings is 1. The minimum atomic E-state index is -0.00812. The molecule has 1 aromatic heterocycles. The lowest BCUT2D eigenvalue weighted by Crippen LogP contribution is -2.29. The van der Waals surface area contributed by atoms with Gasteiger partial charge in [0.15, 0.2) is 0 Å². The molecule has 2 rings (SSSR count). The summed E-state index contributed by atoms with van der Waals surface area (Å²) in [6.07, 6.45) is 0.823. The molecule has 0 aliphatic rings. The van der Waals surface area contributed by atoms with Gasteiger partial charge >= 0.3 is 0 Å². The highest BCUT2D eigenvalue weighted by atomic mass is 79.9. The standard InChI is InChI=1S/C13H13BrClNOS/c14-13-6-5-12(18-13)7-10(16)8-17-11-3-1-9(15)2-4-11/h1-6,10H,7-8,16H2. The lowest BCUT2D eigenvalue weighted by molar-refractivity contribution is 0.288. The Bertz CT molecular complexity index is 500. The van der Waals surface area contributed by atoms with Crippen LogP contribution in [-0.2, 0) is 6.42 Å². The molecule has 96 valence electrons. The summed E-state index contributed by atoms with van der Waals surface area (Å²) in [5.41, 5.74) is 6.03. The predicted molar refractivity (Wildman–Crippen MR) is 80.6 cm³/mol. The van der Waals surface area contributed by atoms with Gasteiger partial charge in [-0.3, -0.25) is 0 Å². The molecule has 1 heterocycles. The molecule has 18 heavy (non-hydrogen) atoms. The number of hydrogen-bond acceptors (Lipinski definition) is 3. The van der Waals surface area contributed by atoms with Crippen LogP contribution in [0.3, 0.4) is 0 Å². The summed E-state index contributed by atoms with van der Waals surface area (Å²) >= 11 is 10.9. The van der Waals surface area contributed by atoms with Gasteiger partial charge in [0.25, 0.3) is 0 Å². The van der Waals surface area contributed by atoms with E-state index in [2.05, 4.69) is 22.0 Å². The van der Waals surface area contributed by atoms with Crippen molar-refractivity contribution in [1.29, 1.82) is 0 Å². The van der Waals surface area contributed by atoms with E-state index in [1.54, 1.807) is 23.5 Å². The van der Waals surface area contributed by atoms with Gasteiger partial charge in [0.1, 0.15) is 12.4 Å². The fourth-order valence-corrected chi connectivity index (χ4v) is 3.21. The van der Waals surface area contributed by atoms with Crippen molar-refractivity contribution in [3.05, 3.63) is 50.1 Å². The van der Waals surface area contributed by atoms with Crippen molar-refractivity contribution in [2.24, 2.45) is 5.73 Å². The van der Waals surface area contributed by atoms with Crippen LogP contribution in [0.2, 0.25) is 5.02 Å². The fraction of sp³-hybridized carbons (Fsp3) is 0.231. The third-order valence-electron chi connectivity index (χ3n) is 2.37. The maximum absolute atomic E-state index is 6.03. The Hall–Kier alpha value is -0.550. The van der Waals surface area contributed by atoms with E-state index < -0.39 is 0 Å². The smallest absolute Gasteiger partial charge is 0.119 e. The molecular formula is C13H13BrClNOS. The Morgan fingerprint density at radius 2 is 1.94 bits per heavy atom. The number of hydrogen-bond donors (Lipinski definition) is 1. The molecule has 0 fully saturated rings. The van der Waals surface area contributed by atoms with Crippen LogP contribution in [0.4, 0.5) is 0 Å². The van der Waals surface area contributed by atoms with Crippen molar-refractivity contribution in [2.45, 2.75) is 12.5 Å². The summed E-state index contributed by atoms with van der Waals surface area (Å²) in [5, 5.41) is 0.704. The second kappa shape index (κ2) is 6.57. The number of rotatable bonds is 5. The highest BCUT2D eigenvalue weighted by Gasteiger charge is 2.07. The van der Waals surface area contributed by atoms with Crippen molar-refractivity contribution in [3.8, 4) is 5.75 Å². The van der Waals surface area contributed by atoms with Crippen LogP contribution in [0, 0.1) is 0 Å². The molecule has 0 bridgehead atoms. The Morgan fingerprint density at radius 3 is 2.56 bits per heavy atom. The van der Waals surface area contributed by atoms with E-state index in [-0.39, 0.29) is 6.04 Å². The van der Waals surface area contributed by atoms with Crippen LogP contribution in [0.25, 0.3) is 0 Å². The molecule has 5 heteroatoms. The molecule has 0 amide bonds. The van der Waals surface area contributed by atoms with E-state index in [1.807, 2.05) is 18.2 Å². The van der Waals surface area contributed by atoms with Gasteiger partial charge in [0, 0.05) is 22.4 Å². The highest BCUT2D eigenvalue weighted by molar-refractivity contribution is 9.11. The van der Waals surface area contributed by atoms with Gasteiger partial charge in [0.05, 0.1) is 3.79 Å². The van der Waals surface area contributed by atoms with E-state index in [9.17, 15) is 0 Å². The SMILES string of the molecule is NC(COc1ccc(Cl)cc1)Cc1ccc(Br)s1. The first kappa shape index (κ1) is 13.9. The summed E-state index contributed by atoms with van der Waals surface area (Å²) in [5.74, 6) is 0.794. The van der Waals surface area contributed by atoms with Gasteiger partial charge in [-0.05, 0) is 52.3 Å². The summed E-state index contributed by atoms with van der Waals surface area (Å²) in [6.45, 7) is 0.497. The Labute approximate surface area is 124 Å². The summed E-state index contributed by atoms with van der Waals surface area (Å²) in [7, 11) is 0. The normalized spacial score (nSPS) is 12.4. The first-order valence-corrected chi connectivity index (χ1v) is 7.50. The van der Waals surface area contributed by atoms with Crippen LogP contribution in [-0.4, -0.2) is 12.6 Å². The zero-order valence-corrected chi connectivity index (χ0v) is 12.8. The summed E-state index contributed by atoms with van der Waals surface area (Å²) in [6, 6.07) is 11.4. The minimum Gasteiger partial charge on any atom is -0.492 e. The maximum Gasteiger partial charge on any atom is 0.119 e. The molecule has 0 aliphatic heterocycles. The van der Waals surface area contributed by atoms with Gasteiger partial charge in [-0.15, -0.1) is 11.3 Å². The van der Waals surface area contributed by atoms with Gasteiger partial charge < -0.3 is 10.5 Å². The predicted octanol–water partition coefficient (Wildman–Crippen LogP) is 4.11. The zero-order valence-electron chi connectivity index (χ0n) is 9.61. The van der Waals surface area contributed by atoms with Crippen LogP contribution in [0.1, 0.15) is 4.88 Å². The van der Waals surface area contributed by atoms with Crippen LogP contribution < -0.4 is 10.5 Å². The third-order valence-corrected chi connectivity index (χ3v) is 4.27. The molecule has 2 aromatic rings. The van der Waals surface area contributed by atoms with E-state index in [4.69, 9.17) is 22.1 Å². The second-order valence-corrected chi connectivity index (χ2v) is 6.92. The average molecular weight is 347 g/mol. The molecule has 2 nitrogen and oxygen atoms in total. The van der Waals surface area contributed by atoms with Crippen molar-refractivity contribution in [2.75, 3.05) is 6.61 Å². The van der Waals surface area contributed by atoms with E-state index in [1.165, 1.54) is 4.88 Å². The Balaban J connectivity index is 1.81. The van der Waals surface area contributed by atoms with Crippen molar-refractivity contribution < 1.29 is 4.74 Å². The Kier molecular flexibility index (Phi) is 5.06. The molecule has 0 radical (unpaired) electrons. The molecule has 2 N–H and O–H groups in total. The van der Waals surface area contributed by atoms with Crippen molar-refractivity contribution >= 4 is 38.9 Å². The zero-order chi connectivity index (χ0) is 13.0. The molecule has 1 unspecified atom stereocenters. The first-order chi connectivity index (χ1) is 8.63. The van der Waals surface area contributed by atoms with Gasteiger partial charge in [-0.1, -0.05) is 11.6 Å². The first-order valence-electron chi connectivity index (χ1n) is 5.51.